The predicted molar refractivity (Wildman–Crippen MR) is 71.0 cm³/mol. The van der Waals surface area contributed by atoms with Crippen LogP contribution in [0.3, 0.4) is 0 Å². The van der Waals surface area contributed by atoms with Crippen LogP contribution in [0.15, 0.2) is 0 Å². The molecule has 1 aliphatic rings. The largest absolute Gasteiger partial charge is 0.481 e. The molecule has 1 rings (SSSR count). The summed E-state index contributed by atoms with van der Waals surface area (Å²) in [6.45, 7) is 3.41. The zero-order chi connectivity index (χ0) is 14.1. The van der Waals surface area contributed by atoms with Gasteiger partial charge in [-0.1, -0.05) is 6.92 Å². The third-order valence-corrected chi connectivity index (χ3v) is 3.31. The molecule has 0 aliphatic carbocycles. The Hall–Kier alpha value is -1.30. The van der Waals surface area contributed by atoms with Gasteiger partial charge in [0.15, 0.2) is 0 Å². The summed E-state index contributed by atoms with van der Waals surface area (Å²) in [5.41, 5.74) is 0. The molecule has 2 unspecified atom stereocenters. The molecule has 2 atom stereocenters. The molecular weight excluding hydrogens is 248 g/mol. The number of hydrogen-bond donors (Lipinski definition) is 3. The van der Waals surface area contributed by atoms with E-state index in [0.29, 0.717) is 19.5 Å². The molecular formula is C13H24N2O4. The number of rotatable bonds is 7. The van der Waals surface area contributed by atoms with Gasteiger partial charge < -0.3 is 20.5 Å². The van der Waals surface area contributed by atoms with Gasteiger partial charge in [0.1, 0.15) is 0 Å². The minimum absolute atomic E-state index is 0.242. The standard InChI is InChI=1S/C13H24N2O4/c1-10(12(16)17)5-7-14-13(18)15-8-6-11-4-2-3-9-19-11/h10-11H,2-9H2,1H3,(H,16,17)(H2,14,15,18). The van der Waals surface area contributed by atoms with Crippen molar-refractivity contribution in [2.24, 2.45) is 5.92 Å². The SMILES string of the molecule is CC(CCNC(=O)NCCC1CCCCO1)C(=O)O. The third-order valence-electron chi connectivity index (χ3n) is 3.31. The average molecular weight is 272 g/mol. The minimum Gasteiger partial charge on any atom is -0.481 e. The summed E-state index contributed by atoms with van der Waals surface area (Å²) in [5, 5.41) is 14.1. The predicted octanol–water partition coefficient (Wildman–Crippen LogP) is 1.36. The number of ether oxygens (including phenoxy) is 1. The molecule has 0 spiro atoms. The highest BCUT2D eigenvalue weighted by molar-refractivity contribution is 5.74. The Morgan fingerprint density at radius 1 is 1.32 bits per heavy atom. The summed E-state index contributed by atoms with van der Waals surface area (Å²) >= 11 is 0. The first kappa shape index (κ1) is 15.8. The van der Waals surface area contributed by atoms with Crippen molar-refractivity contribution in [1.29, 1.82) is 0 Å². The molecule has 1 fully saturated rings. The number of nitrogens with one attached hydrogen (secondary N) is 2. The van der Waals surface area contributed by atoms with Gasteiger partial charge in [0.25, 0.3) is 0 Å². The van der Waals surface area contributed by atoms with Crippen molar-refractivity contribution < 1.29 is 19.4 Å². The van der Waals surface area contributed by atoms with Crippen LogP contribution in [0, 0.1) is 5.92 Å². The molecule has 1 saturated heterocycles. The van der Waals surface area contributed by atoms with Crippen molar-refractivity contribution in [2.75, 3.05) is 19.7 Å². The summed E-state index contributed by atoms with van der Waals surface area (Å²) in [7, 11) is 0. The van der Waals surface area contributed by atoms with Crippen LogP contribution < -0.4 is 10.6 Å². The maximum absolute atomic E-state index is 11.4. The van der Waals surface area contributed by atoms with E-state index in [4.69, 9.17) is 9.84 Å². The molecule has 19 heavy (non-hydrogen) atoms. The maximum atomic E-state index is 11.4. The number of aliphatic carboxylic acids is 1. The Morgan fingerprint density at radius 3 is 2.68 bits per heavy atom. The third kappa shape index (κ3) is 7.00. The van der Waals surface area contributed by atoms with Crippen LogP contribution >= 0.6 is 0 Å². The van der Waals surface area contributed by atoms with Crippen LogP contribution in [-0.4, -0.2) is 42.9 Å². The van der Waals surface area contributed by atoms with E-state index in [2.05, 4.69) is 10.6 Å². The number of hydrogen-bond acceptors (Lipinski definition) is 3. The molecule has 0 aromatic carbocycles. The molecule has 1 heterocycles. The zero-order valence-corrected chi connectivity index (χ0v) is 11.5. The molecule has 0 aromatic heterocycles. The van der Waals surface area contributed by atoms with Gasteiger partial charge in [0, 0.05) is 19.7 Å². The van der Waals surface area contributed by atoms with Gasteiger partial charge in [-0.2, -0.15) is 0 Å². The first-order chi connectivity index (χ1) is 9.09. The molecule has 0 radical (unpaired) electrons. The lowest BCUT2D eigenvalue weighted by Gasteiger charge is -2.22. The summed E-state index contributed by atoms with van der Waals surface area (Å²) in [5.74, 6) is -1.27. The molecule has 1 aliphatic heterocycles. The second-order valence-electron chi connectivity index (χ2n) is 4.99. The second kappa shape index (κ2) is 8.74. The van der Waals surface area contributed by atoms with Gasteiger partial charge in [-0.3, -0.25) is 4.79 Å². The number of carbonyl (C=O) groups excluding carboxylic acids is 1. The quantitative estimate of drug-likeness (QED) is 0.653. The van der Waals surface area contributed by atoms with E-state index in [-0.39, 0.29) is 12.1 Å². The second-order valence-corrected chi connectivity index (χ2v) is 4.99. The lowest BCUT2D eigenvalue weighted by molar-refractivity contribution is -0.141. The van der Waals surface area contributed by atoms with E-state index in [1.807, 2.05) is 0 Å². The molecule has 110 valence electrons. The van der Waals surface area contributed by atoms with Gasteiger partial charge in [-0.05, 0) is 32.1 Å². The summed E-state index contributed by atoms with van der Waals surface area (Å²) in [6.07, 6.45) is 4.93. The average Bonchev–Trinajstić information content (AvgIpc) is 2.39. The number of carboxylic acid groups (broad SMARTS) is 1. The zero-order valence-electron chi connectivity index (χ0n) is 11.5. The van der Waals surface area contributed by atoms with Gasteiger partial charge in [0.05, 0.1) is 12.0 Å². The van der Waals surface area contributed by atoms with Crippen LogP contribution in [0.5, 0.6) is 0 Å². The van der Waals surface area contributed by atoms with Crippen molar-refractivity contribution in [3.05, 3.63) is 0 Å². The molecule has 3 N–H and O–H groups in total. The minimum atomic E-state index is -0.836. The van der Waals surface area contributed by atoms with E-state index in [1.165, 1.54) is 6.42 Å². The van der Waals surface area contributed by atoms with Crippen molar-refractivity contribution in [2.45, 2.75) is 45.1 Å². The smallest absolute Gasteiger partial charge is 0.314 e. The van der Waals surface area contributed by atoms with Crippen molar-refractivity contribution >= 4 is 12.0 Å². The van der Waals surface area contributed by atoms with Crippen LogP contribution in [0.4, 0.5) is 4.79 Å². The highest BCUT2D eigenvalue weighted by Crippen LogP contribution is 2.14. The van der Waals surface area contributed by atoms with E-state index >= 15 is 0 Å². The van der Waals surface area contributed by atoms with Gasteiger partial charge >= 0.3 is 12.0 Å². The lowest BCUT2D eigenvalue weighted by atomic mass is 10.1. The van der Waals surface area contributed by atoms with Gasteiger partial charge in [-0.15, -0.1) is 0 Å². The topological polar surface area (TPSA) is 87.7 Å². The number of urea groups is 1. The summed E-state index contributed by atoms with van der Waals surface area (Å²) < 4.78 is 5.56. The normalized spacial score (nSPS) is 20.6. The Morgan fingerprint density at radius 2 is 2.05 bits per heavy atom. The van der Waals surface area contributed by atoms with E-state index in [1.54, 1.807) is 6.92 Å². The maximum Gasteiger partial charge on any atom is 0.314 e. The fraction of sp³-hybridized carbons (Fsp3) is 0.846. The fourth-order valence-electron chi connectivity index (χ4n) is 1.97. The van der Waals surface area contributed by atoms with E-state index in [0.717, 1.165) is 25.9 Å². The van der Waals surface area contributed by atoms with Crippen LogP contribution in [0.2, 0.25) is 0 Å². The Bertz CT molecular complexity index is 290. The van der Waals surface area contributed by atoms with Crippen molar-refractivity contribution in [3.8, 4) is 0 Å². The Kier molecular flexibility index (Phi) is 7.25. The first-order valence-electron chi connectivity index (χ1n) is 6.95. The number of carboxylic acids is 1. The van der Waals surface area contributed by atoms with Crippen LogP contribution in [-0.2, 0) is 9.53 Å². The van der Waals surface area contributed by atoms with E-state index in [9.17, 15) is 9.59 Å². The van der Waals surface area contributed by atoms with Crippen molar-refractivity contribution in [1.82, 2.24) is 10.6 Å². The number of amides is 2. The molecule has 6 nitrogen and oxygen atoms in total. The highest BCUT2D eigenvalue weighted by atomic mass is 16.5. The molecule has 6 heteroatoms. The lowest BCUT2D eigenvalue weighted by Crippen LogP contribution is -2.38. The van der Waals surface area contributed by atoms with Crippen LogP contribution in [0.25, 0.3) is 0 Å². The fourth-order valence-corrected chi connectivity index (χ4v) is 1.97. The molecule has 0 saturated carbocycles. The Labute approximate surface area is 113 Å². The van der Waals surface area contributed by atoms with Gasteiger partial charge in [-0.25, -0.2) is 4.79 Å². The number of carbonyl (C=O) groups is 2. The molecule has 2 amide bonds. The highest BCUT2D eigenvalue weighted by Gasteiger charge is 2.14. The van der Waals surface area contributed by atoms with Gasteiger partial charge in [0.2, 0.25) is 0 Å². The summed E-state index contributed by atoms with van der Waals surface area (Å²) in [6, 6.07) is -0.242. The first-order valence-corrected chi connectivity index (χ1v) is 6.95. The van der Waals surface area contributed by atoms with E-state index < -0.39 is 11.9 Å². The Balaban J connectivity index is 1.99. The summed E-state index contributed by atoms with van der Waals surface area (Å²) in [4.78, 5) is 22.0. The molecule has 0 aromatic rings. The molecule has 0 bridgehead atoms. The van der Waals surface area contributed by atoms with Crippen molar-refractivity contribution in [3.63, 3.8) is 0 Å². The van der Waals surface area contributed by atoms with Crippen LogP contribution in [0.1, 0.15) is 39.0 Å². The monoisotopic (exact) mass is 272 g/mol.